The predicted octanol–water partition coefficient (Wildman–Crippen LogP) is 3.79. The zero-order valence-electron chi connectivity index (χ0n) is 15.3. The highest BCUT2D eigenvalue weighted by Gasteiger charge is 2.29. The molecule has 0 aliphatic heterocycles. The summed E-state index contributed by atoms with van der Waals surface area (Å²) in [6.07, 6.45) is 6.46. The topological polar surface area (TPSA) is 49.4 Å². The van der Waals surface area contributed by atoms with Crippen LogP contribution in [0.25, 0.3) is 0 Å². The van der Waals surface area contributed by atoms with Crippen LogP contribution in [0.2, 0.25) is 0 Å². The quantitative estimate of drug-likeness (QED) is 0.815. The minimum atomic E-state index is -0.487. The third kappa shape index (κ3) is 5.55. The van der Waals surface area contributed by atoms with Gasteiger partial charge in [0, 0.05) is 19.0 Å². The molecule has 138 valence electrons. The van der Waals surface area contributed by atoms with Gasteiger partial charge in [0.25, 0.3) is 0 Å². The molecule has 1 fully saturated rings. The summed E-state index contributed by atoms with van der Waals surface area (Å²) < 4.78 is 13.1. The van der Waals surface area contributed by atoms with E-state index in [1.54, 1.807) is 24.0 Å². The Bertz CT molecular complexity index is 568. The van der Waals surface area contributed by atoms with Crippen molar-refractivity contribution in [2.75, 3.05) is 0 Å². The molecule has 1 aromatic rings. The van der Waals surface area contributed by atoms with Crippen molar-refractivity contribution in [2.24, 2.45) is 0 Å². The first-order chi connectivity index (χ1) is 12.0. The normalized spacial score (nSPS) is 16.3. The Morgan fingerprint density at radius 2 is 1.80 bits per heavy atom. The molecule has 1 atom stereocenters. The zero-order chi connectivity index (χ0) is 18.2. The standard InChI is InChI=1S/C20H29FN2O2/c1-3-18(20(25)22-17-8-6-5-7-9-17)23(19(24)4-2)14-15-10-12-16(21)13-11-15/h10-13,17-18H,3-9,14H2,1-2H3,(H,22,25). The lowest BCUT2D eigenvalue weighted by Crippen LogP contribution is -2.51. The lowest BCUT2D eigenvalue weighted by atomic mass is 9.95. The van der Waals surface area contributed by atoms with E-state index in [0.29, 0.717) is 19.4 Å². The van der Waals surface area contributed by atoms with Crippen LogP contribution in [-0.2, 0) is 16.1 Å². The third-order valence-corrected chi connectivity index (χ3v) is 4.91. The van der Waals surface area contributed by atoms with Gasteiger partial charge >= 0.3 is 0 Å². The fourth-order valence-electron chi connectivity index (χ4n) is 3.45. The first-order valence-electron chi connectivity index (χ1n) is 9.39. The van der Waals surface area contributed by atoms with E-state index in [2.05, 4.69) is 5.32 Å². The van der Waals surface area contributed by atoms with E-state index in [9.17, 15) is 14.0 Å². The van der Waals surface area contributed by atoms with Gasteiger partial charge in [0.2, 0.25) is 11.8 Å². The molecule has 1 aromatic carbocycles. The maximum atomic E-state index is 13.1. The number of nitrogens with zero attached hydrogens (tertiary/aromatic N) is 1. The van der Waals surface area contributed by atoms with Crippen molar-refractivity contribution in [1.29, 1.82) is 0 Å². The van der Waals surface area contributed by atoms with Gasteiger partial charge in [-0.25, -0.2) is 4.39 Å². The van der Waals surface area contributed by atoms with E-state index in [0.717, 1.165) is 31.2 Å². The molecule has 2 rings (SSSR count). The van der Waals surface area contributed by atoms with Crippen LogP contribution in [0.3, 0.4) is 0 Å². The number of amides is 2. The molecule has 0 aromatic heterocycles. The summed E-state index contributed by atoms with van der Waals surface area (Å²) in [4.78, 5) is 26.9. The molecule has 0 radical (unpaired) electrons. The number of carbonyl (C=O) groups is 2. The summed E-state index contributed by atoms with van der Waals surface area (Å²) in [6.45, 7) is 4.04. The average molecular weight is 348 g/mol. The molecule has 25 heavy (non-hydrogen) atoms. The maximum absolute atomic E-state index is 13.1. The van der Waals surface area contributed by atoms with Gasteiger partial charge in [-0.15, -0.1) is 0 Å². The van der Waals surface area contributed by atoms with Gasteiger partial charge in [-0.1, -0.05) is 45.2 Å². The number of carbonyl (C=O) groups excluding carboxylic acids is 2. The molecule has 1 aliphatic carbocycles. The molecule has 1 aliphatic rings. The van der Waals surface area contributed by atoms with Gasteiger partial charge in [0.15, 0.2) is 0 Å². The summed E-state index contributed by atoms with van der Waals surface area (Å²) in [5.74, 6) is -0.438. The largest absolute Gasteiger partial charge is 0.352 e. The second-order valence-corrected chi connectivity index (χ2v) is 6.77. The van der Waals surface area contributed by atoms with Gasteiger partial charge in [0.05, 0.1) is 0 Å². The second kappa shape index (κ2) is 9.54. The summed E-state index contributed by atoms with van der Waals surface area (Å²) in [7, 11) is 0. The first kappa shape index (κ1) is 19.4. The van der Waals surface area contributed by atoms with Crippen LogP contribution >= 0.6 is 0 Å². The van der Waals surface area contributed by atoms with Gasteiger partial charge in [-0.3, -0.25) is 9.59 Å². The molecule has 4 nitrogen and oxygen atoms in total. The van der Waals surface area contributed by atoms with Crippen LogP contribution < -0.4 is 5.32 Å². The highest BCUT2D eigenvalue weighted by molar-refractivity contribution is 5.87. The minimum Gasteiger partial charge on any atom is -0.352 e. The van der Waals surface area contributed by atoms with Crippen LogP contribution in [0.1, 0.15) is 64.4 Å². The van der Waals surface area contributed by atoms with Crippen LogP contribution in [-0.4, -0.2) is 28.8 Å². The fourth-order valence-corrected chi connectivity index (χ4v) is 3.45. The number of hydrogen-bond acceptors (Lipinski definition) is 2. The Hall–Kier alpha value is -1.91. The van der Waals surface area contributed by atoms with Gasteiger partial charge in [0.1, 0.15) is 11.9 Å². The smallest absolute Gasteiger partial charge is 0.243 e. The van der Waals surface area contributed by atoms with E-state index >= 15 is 0 Å². The molecule has 0 saturated heterocycles. The predicted molar refractivity (Wildman–Crippen MR) is 96.3 cm³/mol. The molecular weight excluding hydrogens is 319 g/mol. The molecule has 1 unspecified atom stereocenters. The fraction of sp³-hybridized carbons (Fsp3) is 0.600. The average Bonchev–Trinajstić information content (AvgIpc) is 2.63. The third-order valence-electron chi connectivity index (χ3n) is 4.91. The summed E-state index contributed by atoms with van der Waals surface area (Å²) >= 11 is 0. The maximum Gasteiger partial charge on any atom is 0.243 e. The van der Waals surface area contributed by atoms with E-state index in [1.807, 2.05) is 6.92 Å². The Kier molecular flexibility index (Phi) is 7.41. The first-order valence-corrected chi connectivity index (χ1v) is 9.39. The minimum absolute atomic E-state index is 0.0602. The van der Waals surface area contributed by atoms with Gasteiger partial charge in [-0.2, -0.15) is 0 Å². The molecule has 0 spiro atoms. The van der Waals surface area contributed by atoms with E-state index in [4.69, 9.17) is 0 Å². The number of halogens is 1. The Morgan fingerprint density at radius 3 is 2.36 bits per heavy atom. The Balaban J connectivity index is 2.10. The number of benzene rings is 1. The monoisotopic (exact) mass is 348 g/mol. The van der Waals surface area contributed by atoms with Crippen molar-refractivity contribution in [3.63, 3.8) is 0 Å². The van der Waals surface area contributed by atoms with Crippen molar-refractivity contribution in [1.82, 2.24) is 10.2 Å². The van der Waals surface area contributed by atoms with Crippen molar-refractivity contribution in [2.45, 2.75) is 77.4 Å². The van der Waals surface area contributed by atoms with Crippen LogP contribution in [0.15, 0.2) is 24.3 Å². The molecule has 0 bridgehead atoms. The van der Waals surface area contributed by atoms with Crippen molar-refractivity contribution >= 4 is 11.8 Å². The van der Waals surface area contributed by atoms with Crippen molar-refractivity contribution in [3.8, 4) is 0 Å². The summed E-state index contributed by atoms with van der Waals surface area (Å²) in [5.41, 5.74) is 0.826. The second-order valence-electron chi connectivity index (χ2n) is 6.77. The van der Waals surface area contributed by atoms with E-state index in [-0.39, 0.29) is 23.7 Å². The summed E-state index contributed by atoms with van der Waals surface area (Å²) in [5, 5.41) is 3.13. The van der Waals surface area contributed by atoms with Crippen LogP contribution in [0, 0.1) is 5.82 Å². The van der Waals surface area contributed by atoms with Gasteiger partial charge in [-0.05, 0) is 37.0 Å². The number of rotatable bonds is 7. The Labute approximate surface area is 149 Å². The highest BCUT2D eigenvalue weighted by atomic mass is 19.1. The van der Waals surface area contributed by atoms with Crippen LogP contribution in [0.5, 0.6) is 0 Å². The molecular formula is C20H29FN2O2. The SMILES string of the molecule is CCC(=O)N(Cc1ccc(F)cc1)C(CC)C(=O)NC1CCCCC1. The lowest BCUT2D eigenvalue weighted by molar-refractivity contribution is -0.141. The van der Waals surface area contributed by atoms with E-state index < -0.39 is 6.04 Å². The molecule has 2 amide bonds. The molecule has 1 N–H and O–H groups in total. The summed E-state index contributed by atoms with van der Waals surface area (Å²) in [6, 6.07) is 5.83. The Morgan fingerprint density at radius 1 is 1.16 bits per heavy atom. The lowest BCUT2D eigenvalue weighted by Gasteiger charge is -2.32. The molecule has 1 saturated carbocycles. The van der Waals surface area contributed by atoms with Crippen LogP contribution in [0.4, 0.5) is 4.39 Å². The number of nitrogens with one attached hydrogen (secondary N) is 1. The van der Waals surface area contributed by atoms with Gasteiger partial charge < -0.3 is 10.2 Å². The van der Waals surface area contributed by atoms with Crippen molar-refractivity contribution in [3.05, 3.63) is 35.6 Å². The molecule has 5 heteroatoms. The zero-order valence-corrected chi connectivity index (χ0v) is 15.3. The van der Waals surface area contributed by atoms with E-state index in [1.165, 1.54) is 18.6 Å². The van der Waals surface area contributed by atoms with Crippen molar-refractivity contribution < 1.29 is 14.0 Å². The number of hydrogen-bond donors (Lipinski definition) is 1. The molecule has 0 heterocycles. The highest BCUT2D eigenvalue weighted by Crippen LogP contribution is 2.19.